The summed E-state index contributed by atoms with van der Waals surface area (Å²) in [5.41, 5.74) is 5.27. The van der Waals surface area contributed by atoms with Gasteiger partial charge in [0.15, 0.2) is 0 Å². The van der Waals surface area contributed by atoms with Crippen molar-refractivity contribution in [2.75, 3.05) is 11.9 Å². The molecule has 0 atom stereocenters. The first-order chi connectivity index (χ1) is 8.29. The van der Waals surface area contributed by atoms with Crippen molar-refractivity contribution in [1.82, 2.24) is 9.97 Å². The number of carbonyl (C=O) groups excluding carboxylic acids is 1. The number of nitrogens with zero attached hydrogens (tertiary/aromatic N) is 1. The maximum atomic E-state index is 11.8. The fourth-order valence-electron chi connectivity index (χ4n) is 1.17. The van der Waals surface area contributed by atoms with Gasteiger partial charge in [-0.3, -0.25) is 10.1 Å². The first-order valence-corrected chi connectivity index (χ1v) is 5.71. The van der Waals surface area contributed by atoms with Crippen LogP contribution in [0.4, 0.5) is 5.95 Å². The maximum Gasteiger partial charge on any atom is 0.268 e. The highest BCUT2D eigenvalue weighted by molar-refractivity contribution is 7.14. The van der Waals surface area contributed by atoms with Crippen LogP contribution in [0.1, 0.15) is 14.5 Å². The molecule has 0 saturated heterocycles. The lowest BCUT2D eigenvalue weighted by Gasteiger charge is -1.97. The Hall–Kier alpha value is -2.10. The third-order valence-electron chi connectivity index (χ3n) is 1.87. The summed E-state index contributed by atoms with van der Waals surface area (Å²) in [4.78, 5) is 19.9. The number of hydrogen-bond donors (Lipinski definition) is 3. The van der Waals surface area contributed by atoms with Crippen LogP contribution in [0.15, 0.2) is 24.5 Å². The van der Waals surface area contributed by atoms with Crippen molar-refractivity contribution in [2.45, 2.75) is 0 Å². The smallest absolute Gasteiger partial charge is 0.268 e. The third-order valence-corrected chi connectivity index (χ3v) is 2.87. The van der Waals surface area contributed by atoms with Gasteiger partial charge in [-0.1, -0.05) is 11.8 Å². The van der Waals surface area contributed by atoms with E-state index in [1.807, 2.05) is 0 Å². The third kappa shape index (κ3) is 2.93. The highest BCUT2D eigenvalue weighted by Crippen LogP contribution is 2.16. The minimum atomic E-state index is -0.203. The van der Waals surface area contributed by atoms with Crippen molar-refractivity contribution in [1.29, 1.82) is 0 Å². The van der Waals surface area contributed by atoms with Gasteiger partial charge in [0.1, 0.15) is 0 Å². The number of carbonyl (C=O) groups is 1. The molecular formula is C11H10N4OS. The number of rotatable bonds is 2. The standard InChI is InChI=1S/C11H10N4OS/c12-5-1-2-8-3-4-9(17-8)10(16)15-11-13-6-7-14-11/h3-4,6-7H,5,12H2,(H2,13,14,15,16). The van der Waals surface area contributed by atoms with Crippen LogP contribution in [0.2, 0.25) is 0 Å². The van der Waals surface area contributed by atoms with Gasteiger partial charge in [0, 0.05) is 12.4 Å². The Bertz CT molecular complexity index is 562. The lowest BCUT2D eigenvalue weighted by molar-refractivity contribution is 0.103. The number of anilines is 1. The van der Waals surface area contributed by atoms with Crippen LogP contribution < -0.4 is 11.1 Å². The molecule has 86 valence electrons. The van der Waals surface area contributed by atoms with Crippen LogP contribution in [0.25, 0.3) is 0 Å². The number of thiophene rings is 1. The molecule has 0 unspecified atom stereocenters. The van der Waals surface area contributed by atoms with Crippen LogP contribution in [0, 0.1) is 11.8 Å². The zero-order valence-corrected chi connectivity index (χ0v) is 9.67. The average Bonchev–Trinajstić information content (AvgIpc) is 2.96. The van der Waals surface area contributed by atoms with Crippen molar-refractivity contribution in [3.05, 3.63) is 34.3 Å². The molecule has 2 aromatic heterocycles. The number of nitrogens with one attached hydrogen (secondary N) is 2. The number of imidazole rings is 1. The van der Waals surface area contributed by atoms with E-state index in [-0.39, 0.29) is 5.91 Å². The molecule has 2 heterocycles. The van der Waals surface area contributed by atoms with E-state index in [1.54, 1.807) is 24.5 Å². The summed E-state index contributed by atoms with van der Waals surface area (Å²) >= 11 is 1.32. The highest BCUT2D eigenvalue weighted by Gasteiger charge is 2.09. The minimum absolute atomic E-state index is 0.203. The van der Waals surface area contributed by atoms with Crippen LogP contribution in [0.3, 0.4) is 0 Å². The molecule has 0 aliphatic heterocycles. The quantitative estimate of drug-likeness (QED) is 0.692. The number of H-pyrrole nitrogens is 1. The molecule has 0 radical (unpaired) electrons. The second kappa shape index (κ2) is 5.30. The van der Waals surface area contributed by atoms with Crippen LogP contribution in [-0.2, 0) is 0 Å². The Balaban J connectivity index is 2.07. The van der Waals surface area contributed by atoms with E-state index in [2.05, 4.69) is 27.1 Å². The Morgan fingerprint density at radius 2 is 2.47 bits per heavy atom. The van der Waals surface area contributed by atoms with E-state index in [0.29, 0.717) is 17.4 Å². The van der Waals surface area contributed by atoms with Gasteiger partial charge in [-0.2, -0.15) is 0 Å². The van der Waals surface area contributed by atoms with E-state index < -0.39 is 0 Å². The molecule has 0 spiro atoms. The summed E-state index contributed by atoms with van der Waals surface area (Å²) in [6.07, 6.45) is 3.21. The van der Waals surface area contributed by atoms with Gasteiger partial charge in [0.2, 0.25) is 5.95 Å². The van der Waals surface area contributed by atoms with Crippen molar-refractivity contribution in [3.63, 3.8) is 0 Å². The number of aromatic amines is 1. The number of aromatic nitrogens is 2. The largest absolute Gasteiger partial charge is 0.331 e. The summed E-state index contributed by atoms with van der Waals surface area (Å²) in [5.74, 6) is 5.84. The van der Waals surface area contributed by atoms with Gasteiger partial charge < -0.3 is 10.7 Å². The second-order valence-electron chi connectivity index (χ2n) is 3.06. The lowest BCUT2D eigenvalue weighted by atomic mass is 10.4. The molecule has 5 nitrogen and oxygen atoms in total. The van der Waals surface area contributed by atoms with E-state index in [4.69, 9.17) is 5.73 Å². The van der Waals surface area contributed by atoms with E-state index in [0.717, 1.165) is 4.88 Å². The van der Waals surface area contributed by atoms with Gasteiger partial charge in [-0.25, -0.2) is 4.98 Å². The summed E-state index contributed by atoms with van der Waals surface area (Å²) in [7, 11) is 0. The summed E-state index contributed by atoms with van der Waals surface area (Å²) in [5, 5.41) is 2.64. The summed E-state index contributed by atoms with van der Waals surface area (Å²) in [6.45, 7) is 0.311. The molecule has 0 bridgehead atoms. The van der Waals surface area contributed by atoms with E-state index >= 15 is 0 Å². The molecule has 0 aliphatic rings. The molecule has 0 aliphatic carbocycles. The predicted octanol–water partition coefficient (Wildman–Crippen LogP) is 1.03. The molecule has 6 heteroatoms. The number of hydrogen-bond acceptors (Lipinski definition) is 4. The molecule has 1 amide bonds. The monoisotopic (exact) mass is 246 g/mol. The fourth-order valence-corrected chi connectivity index (χ4v) is 1.94. The minimum Gasteiger partial charge on any atom is -0.331 e. The van der Waals surface area contributed by atoms with E-state index in [9.17, 15) is 4.79 Å². The zero-order chi connectivity index (χ0) is 12.1. The predicted molar refractivity (Wildman–Crippen MR) is 66.8 cm³/mol. The Morgan fingerprint density at radius 3 is 3.18 bits per heavy atom. The average molecular weight is 246 g/mol. The molecule has 4 N–H and O–H groups in total. The molecule has 17 heavy (non-hydrogen) atoms. The van der Waals surface area contributed by atoms with Crippen LogP contribution >= 0.6 is 11.3 Å². The number of nitrogens with two attached hydrogens (primary N) is 1. The first kappa shape index (κ1) is 11.4. The molecule has 0 fully saturated rings. The Kier molecular flexibility index (Phi) is 3.55. The normalized spacial score (nSPS) is 9.47. The van der Waals surface area contributed by atoms with Gasteiger partial charge in [0.25, 0.3) is 5.91 Å². The first-order valence-electron chi connectivity index (χ1n) is 4.89. The van der Waals surface area contributed by atoms with Gasteiger partial charge >= 0.3 is 0 Å². The lowest BCUT2D eigenvalue weighted by Crippen LogP contribution is -2.11. The van der Waals surface area contributed by atoms with Crippen molar-refractivity contribution >= 4 is 23.2 Å². The van der Waals surface area contributed by atoms with Crippen molar-refractivity contribution in [2.24, 2.45) is 5.73 Å². The molecule has 2 rings (SSSR count). The second-order valence-corrected chi connectivity index (χ2v) is 4.15. The maximum absolute atomic E-state index is 11.8. The Labute approximate surface area is 102 Å². The SMILES string of the molecule is NCC#Cc1ccc(C(=O)Nc2ncc[nH]2)s1. The van der Waals surface area contributed by atoms with Crippen LogP contribution in [-0.4, -0.2) is 22.4 Å². The molecule has 2 aromatic rings. The van der Waals surface area contributed by atoms with Crippen molar-refractivity contribution in [3.8, 4) is 11.8 Å². The molecule has 0 saturated carbocycles. The molecular weight excluding hydrogens is 236 g/mol. The van der Waals surface area contributed by atoms with Gasteiger partial charge in [0.05, 0.1) is 16.3 Å². The Morgan fingerprint density at radius 1 is 1.59 bits per heavy atom. The summed E-state index contributed by atoms with van der Waals surface area (Å²) in [6, 6.07) is 3.52. The van der Waals surface area contributed by atoms with Crippen LogP contribution in [0.5, 0.6) is 0 Å². The number of amides is 1. The van der Waals surface area contributed by atoms with E-state index in [1.165, 1.54) is 11.3 Å². The summed E-state index contributed by atoms with van der Waals surface area (Å²) < 4.78 is 0. The van der Waals surface area contributed by atoms with Gasteiger partial charge in [-0.15, -0.1) is 11.3 Å². The molecule has 0 aromatic carbocycles. The topological polar surface area (TPSA) is 83.8 Å². The van der Waals surface area contributed by atoms with Crippen molar-refractivity contribution < 1.29 is 4.79 Å². The fraction of sp³-hybridized carbons (Fsp3) is 0.0909. The zero-order valence-electron chi connectivity index (χ0n) is 8.86. The van der Waals surface area contributed by atoms with Gasteiger partial charge in [-0.05, 0) is 12.1 Å². The highest BCUT2D eigenvalue weighted by atomic mass is 32.1.